The van der Waals surface area contributed by atoms with Crippen molar-refractivity contribution in [1.29, 1.82) is 0 Å². The van der Waals surface area contributed by atoms with Crippen LogP contribution in [0.4, 0.5) is 0 Å². The summed E-state index contributed by atoms with van der Waals surface area (Å²) < 4.78 is 6.70. The predicted octanol–water partition coefficient (Wildman–Crippen LogP) is -0.204. The average molecular weight is 429 g/mol. The molecule has 4 rings (SSSR count). The topological polar surface area (TPSA) is 142 Å². The number of aromatic amines is 1. The Morgan fingerprint density at radius 3 is 2.35 bits per heavy atom. The van der Waals surface area contributed by atoms with Crippen molar-refractivity contribution in [2.75, 3.05) is 13.2 Å². The van der Waals surface area contributed by atoms with Gasteiger partial charge in [-0.15, -0.1) is 0 Å². The van der Waals surface area contributed by atoms with Crippen molar-refractivity contribution in [3.63, 3.8) is 0 Å². The number of aryl methyl sites for hydroxylation is 1. The molecule has 3 N–H and O–H groups in total. The highest BCUT2D eigenvalue weighted by molar-refractivity contribution is 6.21. The van der Waals surface area contributed by atoms with Crippen LogP contribution < -0.4 is 11.2 Å². The van der Waals surface area contributed by atoms with E-state index in [9.17, 15) is 29.4 Å². The van der Waals surface area contributed by atoms with Gasteiger partial charge in [-0.3, -0.25) is 28.8 Å². The standard InChI is InChI=1S/C21H23N3O7/c25-11-16-15(26)9-17(31-16)24-10-12(18(27)22-21(24)30)5-3-4-8-23-19(28)13-6-1-2-7-14(13)20(23)29/h1-2,6-7,10,15-17,25-26H,3-5,8-9,11H2,(H,22,27,30)/t15-,16+,17+/m0/s1. The van der Waals surface area contributed by atoms with Gasteiger partial charge in [-0.2, -0.15) is 0 Å². The second kappa shape index (κ2) is 8.58. The zero-order valence-corrected chi connectivity index (χ0v) is 16.7. The van der Waals surface area contributed by atoms with Crippen molar-refractivity contribution in [3.8, 4) is 0 Å². The van der Waals surface area contributed by atoms with Gasteiger partial charge in [0.1, 0.15) is 12.3 Å². The number of unbranched alkanes of at least 4 members (excludes halogenated alkanes) is 1. The zero-order valence-electron chi connectivity index (χ0n) is 16.7. The molecule has 3 atom stereocenters. The summed E-state index contributed by atoms with van der Waals surface area (Å²) >= 11 is 0. The number of aromatic nitrogens is 2. The van der Waals surface area contributed by atoms with Gasteiger partial charge in [0.25, 0.3) is 17.4 Å². The molecule has 0 spiro atoms. The highest BCUT2D eigenvalue weighted by Crippen LogP contribution is 2.27. The van der Waals surface area contributed by atoms with E-state index in [2.05, 4.69) is 4.98 Å². The smallest absolute Gasteiger partial charge is 0.330 e. The van der Waals surface area contributed by atoms with Crippen LogP contribution in [-0.2, 0) is 11.2 Å². The minimum absolute atomic E-state index is 0.121. The maximum atomic E-state index is 12.4. The van der Waals surface area contributed by atoms with E-state index in [1.165, 1.54) is 15.7 Å². The molecule has 0 aliphatic carbocycles. The molecule has 2 aliphatic rings. The van der Waals surface area contributed by atoms with Gasteiger partial charge in [0.05, 0.1) is 23.8 Å². The molecule has 10 nitrogen and oxygen atoms in total. The lowest BCUT2D eigenvalue weighted by atomic mass is 10.1. The fraction of sp³-hybridized carbons (Fsp3) is 0.429. The summed E-state index contributed by atoms with van der Waals surface area (Å²) in [5, 5.41) is 19.1. The number of aliphatic hydroxyl groups is 2. The zero-order chi connectivity index (χ0) is 22.1. The highest BCUT2D eigenvalue weighted by atomic mass is 16.5. The Kier molecular flexibility index (Phi) is 5.86. The Labute approximate surface area is 176 Å². The van der Waals surface area contributed by atoms with E-state index in [0.717, 1.165) is 0 Å². The second-order valence-corrected chi connectivity index (χ2v) is 7.70. The number of hydrogen-bond donors (Lipinski definition) is 3. The van der Waals surface area contributed by atoms with Gasteiger partial charge in [-0.25, -0.2) is 4.79 Å². The monoisotopic (exact) mass is 429 g/mol. The van der Waals surface area contributed by atoms with Crippen molar-refractivity contribution in [2.45, 2.75) is 44.1 Å². The first-order valence-corrected chi connectivity index (χ1v) is 10.1. The molecule has 10 heteroatoms. The van der Waals surface area contributed by atoms with Crippen molar-refractivity contribution in [3.05, 3.63) is 68.0 Å². The van der Waals surface area contributed by atoms with Gasteiger partial charge >= 0.3 is 5.69 Å². The van der Waals surface area contributed by atoms with Crippen LogP contribution in [0.1, 0.15) is 51.8 Å². The highest BCUT2D eigenvalue weighted by Gasteiger charge is 2.36. The summed E-state index contributed by atoms with van der Waals surface area (Å²) in [5.74, 6) is -0.634. The van der Waals surface area contributed by atoms with Gasteiger partial charge in [0.15, 0.2) is 0 Å². The van der Waals surface area contributed by atoms with Crippen LogP contribution in [0.2, 0.25) is 0 Å². The number of carbonyl (C=O) groups excluding carboxylic acids is 2. The van der Waals surface area contributed by atoms with Crippen LogP contribution >= 0.6 is 0 Å². The minimum Gasteiger partial charge on any atom is -0.394 e. The largest absolute Gasteiger partial charge is 0.394 e. The van der Waals surface area contributed by atoms with Crippen LogP contribution in [0.25, 0.3) is 0 Å². The number of rotatable bonds is 7. The Morgan fingerprint density at radius 1 is 1.06 bits per heavy atom. The number of imide groups is 1. The van der Waals surface area contributed by atoms with Crippen molar-refractivity contribution in [1.82, 2.24) is 14.5 Å². The molecule has 0 bridgehead atoms. The third-order valence-electron chi connectivity index (χ3n) is 5.69. The molecule has 1 aromatic carbocycles. The molecule has 1 saturated heterocycles. The molecule has 3 heterocycles. The van der Waals surface area contributed by atoms with Gasteiger partial charge in [-0.1, -0.05) is 12.1 Å². The average Bonchev–Trinajstić information content (AvgIpc) is 3.24. The van der Waals surface area contributed by atoms with E-state index >= 15 is 0 Å². The number of fused-ring (bicyclic) bond motifs is 1. The van der Waals surface area contributed by atoms with Crippen LogP contribution in [0, 0.1) is 0 Å². The summed E-state index contributed by atoms with van der Waals surface area (Å²) in [5.41, 5.74) is -0.0193. The Balaban J connectivity index is 1.38. The summed E-state index contributed by atoms with van der Waals surface area (Å²) in [4.78, 5) is 52.6. The molecule has 1 fully saturated rings. The number of benzene rings is 1. The fourth-order valence-corrected chi connectivity index (χ4v) is 4.00. The normalized spacial score (nSPS) is 22.9. The third-order valence-corrected chi connectivity index (χ3v) is 5.69. The van der Waals surface area contributed by atoms with Crippen molar-refractivity contribution in [2.24, 2.45) is 0 Å². The first-order chi connectivity index (χ1) is 14.9. The van der Waals surface area contributed by atoms with E-state index in [1.54, 1.807) is 24.3 Å². The Hall–Kier alpha value is -3.08. The molecule has 2 aromatic rings. The summed E-state index contributed by atoms with van der Waals surface area (Å²) in [6.07, 6.45) is 0.392. The van der Waals surface area contributed by atoms with E-state index in [1.807, 2.05) is 0 Å². The first-order valence-electron chi connectivity index (χ1n) is 10.1. The maximum absolute atomic E-state index is 12.4. The van der Waals surface area contributed by atoms with Crippen LogP contribution in [-0.4, -0.2) is 61.8 Å². The lowest BCUT2D eigenvalue weighted by Gasteiger charge is -2.16. The molecule has 31 heavy (non-hydrogen) atoms. The number of ether oxygens (including phenoxy) is 1. The molecular formula is C21H23N3O7. The van der Waals surface area contributed by atoms with E-state index < -0.39 is 29.7 Å². The Bertz CT molecular complexity index is 1090. The van der Waals surface area contributed by atoms with Crippen LogP contribution in [0.5, 0.6) is 0 Å². The van der Waals surface area contributed by atoms with E-state index in [0.29, 0.717) is 36.0 Å². The van der Waals surface area contributed by atoms with Gasteiger partial charge in [0, 0.05) is 24.7 Å². The van der Waals surface area contributed by atoms with Gasteiger partial charge in [-0.05, 0) is 31.4 Å². The molecule has 0 saturated carbocycles. The lowest BCUT2D eigenvalue weighted by molar-refractivity contribution is -0.0460. The SMILES string of the molecule is O=C1c2ccccc2C(=O)N1CCCCc1cn([C@H]2C[C@H](O)[C@@H](CO)O2)c(=O)[nH]c1=O. The quantitative estimate of drug-likeness (QED) is 0.409. The number of amides is 2. The Morgan fingerprint density at radius 2 is 1.74 bits per heavy atom. The lowest BCUT2D eigenvalue weighted by Crippen LogP contribution is -2.34. The van der Waals surface area contributed by atoms with E-state index in [4.69, 9.17) is 4.74 Å². The molecule has 2 amide bonds. The molecular weight excluding hydrogens is 406 g/mol. The molecule has 2 aliphatic heterocycles. The summed E-state index contributed by atoms with van der Waals surface area (Å²) in [7, 11) is 0. The number of nitrogens with zero attached hydrogens (tertiary/aromatic N) is 2. The van der Waals surface area contributed by atoms with Gasteiger partial charge < -0.3 is 14.9 Å². The van der Waals surface area contributed by atoms with E-state index in [-0.39, 0.29) is 31.4 Å². The number of H-pyrrole nitrogens is 1. The third kappa shape index (κ3) is 3.97. The van der Waals surface area contributed by atoms with Crippen LogP contribution in [0.15, 0.2) is 40.1 Å². The summed E-state index contributed by atoms with van der Waals surface area (Å²) in [6.45, 7) is -0.138. The minimum atomic E-state index is -0.906. The molecule has 0 unspecified atom stereocenters. The van der Waals surface area contributed by atoms with Crippen LogP contribution in [0.3, 0.4) is 0 Å². The number of carbonyl (C=O) groups is 2. The number of hydrogen-bond acceptors (Lipinski definition) is 7. The molecule has 164 valence electrons. The molecule has 1 aromatic heterocycles. The number of aliphatic hydroxyl groups excluding tert-OH is 2. The summed E-state index contributed by atoms with van der Waals surface area (Å²) in [6, 6.07) is 6.68. The molecule has 0 radical (unpaired) electrons. The predicted molar refractivity (Wildman–Crippen MR) is 108 cm³/mol. The fourth-order valence-electron chi connectivity index (χ4n) is 4.00. The maximum Gasteiger partial charge on any atom is 0.330 e. The van der Waals surface area contributed by atoms with Crippen molar-refractivity contribution >= 4 is 11.8 Å². The first kappa shape index (κ1) is 21.2. The van der Waals surface area contributed by atoms with Crippen molar-refractivity contribution < 1.29 is 24.5 Å². The number of nitrogens with one attached hydrogen (secondary N) is 1. The van der Waals surface area contributed by atoms with Gasteiger partial charge in [0.2, 0.25) is 0 Å². The second-order valence-electron chi connectivity index (χ2n) is 7.70.